The van der Waals surface area contributed by atoms with E-state index in [9.17, 15) is 9.18 Å². The van der Waals surface area contributed by atoms with E-state index < -0.39 is 6.17 Å². The van der Waals surface area contributed by atoms with Crippen molar-refractivity contribution in [2.75, 3.05) is 0 Å². The van der Waals surface area contributed by atoms with Gasteiger partial charge >= 0.3 is 0 Å². The number of hydrogen-bond donors (Lipinski definition) is 1. The number of carbonyl (C=O) groups excluding carboxylic acids is 1. The minimum atomic E-state index is -1.40. The van der Waals surface area contributed by atoms with Crippen molar-refractivity contribution in [2.45, 2.75) is 12.6 Å². The highest BCUT2D eigenvalue weighted by atomic mass is 19.1. The summed E-state index contributed by atoms with van der Waals surface area (Å²) in [5.41, 5.74) is 0.171. The molecule has 3 heteroatoms. The second kappa shape index (κ2) is 3.85. The predicted octanol–water partition coefficient (Wildman–Crippen LogP) is 1.99. The molecule has 1 aromatic rings. The Hall–Kier alpha value is -1.38. The van der Waals surface area contributed by atoms with Gasteiger partial charge in [-0.05, 0) is 6.07 Å². The van der Waals surface area contributed by atoms with Crippen molar-refractivity contribution in [3.05, 3.63) is 29.8 Å². The molecule has 0 radical (unpaired) electrons. The molecule has 0 aliphatic carbocycles. The van der Waals surface area contributed by atoms with Crippen LogP contribution in [-0.4, -0.2) is 11.4 Å². The van der Waals surface area contributed by atoms with Crippen LogP contribution in [0.4, 0.5) is 4.39 Å². The standard InChI is InChI=1S/C9H9FO2/c10-8(5-6-11)7-3-1-2-4-9(7)12/h1-4,6,8,12H,5H2. The van der Waals surface area contributed by atoms with Crippen LogP contribution in [0, 0.1) is 0 Å². The first-order valence-corrected chi connectivity index (χ1v) is 3.61. The molecule has 0 saturated heterocycles. The van der Waals surface area contributed by atoms with Crippen molar-refractivity contribution in [2.24, 2.45) is 0 Å². The zero-order valence-corrected chi connectivity index (χ0v) is 6.40. The van der Waals surface area contributed by atoms with Crippen LogP contribution in [0.5, 0.6) is 5.75 Å². The second-order valence-electron chi connectivity index (χ2n) is 2.43. The summed E-state index contributed by atoms with van der Waals surface area (Å²) in [4.78, 5) is 9.98. The summed E-state index contributed by atoms with van der Waals surface area (Å²) in [5.74, 6) is -0.105. The smallest absolute Gasteiger partial charge is 0.135 e. The average Bonchev–Trinajstić information content (AvgIpc) is 2.05. The van der Waals surface area contributed by atoms with Gasteiger partial charge in [-0.3, -0.25) is 0 Å². The molecule has 0 heterocycles. The van der Waals surface area contributed by atoms with Crippen LogP contribution in [0.25, 0.3) is 0 Å². The highest BCUT2D eigenvalue weighted by Crippen LogP contribution is 2.27. The third-order valence-corrected chi connectivity index (χ3v) is 1.58. The van der Waals surface area contributed by atoms with Crippen molar-refractivity contribution >= 4 is 6.29 Å². The molecule has 1 N–H and O–H groups in total. The van der Waals surface area contributed by atoms with Gasteiger partial charge in [0.15, 0.2) is 0 Å². The third-order valence-electron chi connectivity index (χ3n) is 1.58. The number of phenols is 1. The molecule has 1 aromatic carbocycles. The number of phenolic OH excluding ortho intramolecular Hbond substituents is 1. The fraction of sp³-hybridized carbons (Fsp3) is 0.222. The van der Waals surface area contributed by atoms with Crippen molar-refractivity contribution in [1.29, 1.82) is 0 Å². The molecular weight excluding hydrogens is 159 g/mol. The van der Waals surface area contributed by atoms with Crippen molar-refractivity contribution in [1.82, 2.24) is 0 Å². The number of rotatable bonds is 3. The van der Waals surface area contributed by atoms with Gasteiger partial charge in [-0.1, -0.05) is 18.2 Å². The lowest BCUT2D eigenvalue weighted by Gasteiger charge is -2.05. The molecule has 12 heavy (non-hydrogen) atoms. The molecule has 2 nitrogen and oxygen atoms in total. The minimum absolute atomic E-state index is 0.105. The van der Waals surface area contributed by atoms with Gasteiger partial charge in [0, 0.05) is 12.0 Å². The predicted molar refractivity (Wildman–Crippen MR) is 42.6 cm³/mol. The molecule has 64 valence electrons. The van der Waals surface area contributed by atoms with Gasteiger partial charge in [0.2, 0.25) is 0 Å². The van der Waals surface area contributed by atoms with Crippen molar-refractivity contribution in [3.8, 4) is 5.75 Å². The number of aldehydes is 1. The summed E-state index contributed by atoms with van der Waals surface area (Å²) in [6, 6.07) is 6.08. The molecule has 0 fully saturated rings. The van der Waals surface area contributed by atoms with E-state index in [2.05, 4.69) is 0 Å². The Morgan fingerprint density at radius 3 is 2.75 bits per heavy atom. The van der Waals surface area contributed by atoms with Crippen LogP contribution in [0.1, 0.15) is 18.2 Å². The Morgan fingerprint density at radius 1 is 1.50 bits per heavy atom. The number of alkyl halides is 1. The summed E-state index contributed by atoms with van der Waals surface area (Å²) in [7, 11) is 0. The Bertz CT molecular complexity index is 273. The quantitative estimate of drug-likeness (QED) is 0.701. The zero-order valence-electron chi connectivity index (χ0n) is 6.40. The van der Waals surface area contributed by atoms with E-state index in [1.807, 2.05) is 0 Å². The fourth-order valence-corrected chi connectivity index (χ4v) is 0.964. The average molecular weight is 168 g/mol. The zero-order chi connectivity index (χ0) is 8.97. The van der Waals surface area contributed by atoms with Gasteiger partial charge in [0.1, 0.15) is 18.2 Å². The summed E-state index contributed by atoms with van der Waals surface area (Å²) < 4.78 is 13.0. The molecule has 0 bridgehead atoms. The molecule has 0 aliphatic rings. The van der Waals surface area contributed by atoms with Crippen LogP contribution < -0.4 is 0 Å². The monoisotopic (exact) mass is 168 g/mol. The molecular formula is C9H9FO2. The molecule has 0 spiro atoms. The van der Waals surface area contributed by atoms with E-state index in [1.54, 1.807) is 12.1 Å². The SMILES string of the molecule is O=CCC(F)c1ccccc1O. The molecule has 0 saturated carbocycles. The Kier molecular flexibility index (Phi) is 2.80. The first-order valence-electron chi connectivity index (χ1n) is 3.61. The van der Waals surface area contributed by atoms with Crippen molar-refractivity contribution in [3.63, 3.8) is 0 Å². The first-order chi connectivity index (χ1) is 5.75. The normalized spacial score (nSPS) is 12.4. The van der Waals surface area contributed by atoms with E-state index in [1.165, 1.54) is 12.1 Å². The lowest BCUT2D eigenvalue weighted by Crippen LogP contribution is -1.92. The largest absolute Gasteiger partial charge is 0.508 e. The third kappa shape index (κ3) is 1.81. The maximum Gasteiger partial charge on any atom is 0.135 e. The number of carbonyl (C=O) groups is 1. The molecule has 1 rings (SSSR count). The van der Waals surface area contributed by atoms with Gasteiger partial charge in [0.05, 0.1) is 0 Å². The number of para-hydroxylation sites is 1. The van der Waals surface area contributed by atoms with Gasteiger partial charge in [-0.2, -0.15) is 0 Å². The second-order valence-corrected chi connectivity index (χ2v) is 2.43. The van der Waals surface area contributed by atoms with E-state index in [-0.39, 0.29) is 17.7 Å². The summed E-state index contributed by atoms with van der Waals surface area (Å²) in [5, 5.41) is 9.15. The number of benzene rings is 1. The van der Waals surface area contributed by atoms with Crippen LogP contribution >= 0.6 is 0 Å². The maximum atomic E-state index is 13.0. The minimum Gasteiger partial charge on any atom is -0.508 e. The highest BCUT2D eigenvalue weighted by Gasteiger charge is 2.12. The highest BCUT2D eigenvalue weighted by molar-refractivity contribution is 5.52. The number of aromatic hydroxyl groups is 1. The van der Waals surface area contributed by atoms with Gasteiger partial charge < -0.3 is 9.90 Å². The van der Waals surface area contributed by atoms with Gasteiger partial charge in [0.25, 0.3) is 0 Å². The molecule has 1 unspecified atom stereocenters. The number of hydrogen-bond acceptors (Lipinski definition) is 2. The molecule has 0 aromatic heterocycles. The molecule has 1 atom stereocenters. The summed E-state index contributed by atoms with van der Waals surface area (Å²) >= 11 is 0. The molecule has 0 amide bonds. The van der Waals surface area contributed by atoms with Gasteiger partial charge in [-0.15, -0.1) is 0 Å². The number of halogens is 1. The Labute approximate surface area is 69.6 Å². The fourth-order valence-electron chi connectivity index (χ4n) is 0.964. The summed E-state index contributed by atoms with van der Waals surface area (Å²) in [6.07, 6.45) is -1.11. The van der Waals surface area contributed by atoms with Crippen LogP contribution in [-0.2, 0) is 4.79 Å². The Morgan fingerprint density at radius 2 is 2.17 bits per heavy atom. The lowest BCUT2D eigenvalue weighted by atomic mass is 10.1. The molecule has 0 aliphatic heterocycles. The first kappa shape index (κ1) is 8.71. The van der Waals surface area contributed by atoms with E-state index in [4.69, 9.17) is 5.11 Å². The lowest BCUT2D eigenvalue weighted by molar-refractivity contribution is -0.108. The summed E-state index contributed by atoms with van der Waals surface area (Å²) in [6.45, 7) is 0. The van der Waals surface area contributed by atoms with E-state index >= 15 is 0 Å². The Balaban J connectivity index is 2.86. The van der Waals surface area contributed by atoms with E-state index in [0.29, 0.717) is 6.29 Å². The van der Waals surface area contributed by atoms with Crippen LogP contribution in [0.2, 0.25) is 0 Å². The van der Waals surface area contributed by atoms with Crippen molar-refractivity contribution < 1.29 is 14.3 Å². The van der Waals surface area contributed by atoms with Gasteiger partial charge in [-0.25, -0.2) is 4.39 Å². The topological polar surface area (TPSA) is 37.3 Å². The van der Waals surface area contributed by atoms with Crippen LogP contribution in [0.3, 0.4) is 0 Å². The van der Waals surface area contributed by atoms with E-state index in [0.717, 1.165) is 0 Å². The van der Waals surface area contributed by atoms with Crippen LogP contribution in [0.15, 0.2) is 24.3 Å². The maximum absolute atomic E-state index is 13.0.